The number of ether oxygens (including phenoxy) is 1. The van der Waals surface area contributed by atoms with Crippen LogP contribution in [0.3, 0.4) is 0 Å². The highest BCUT2D eigenvalue weighted by molar-refractivity contribution is 7.89. The van der Waals surface area contributed by atoms with E-state index in [1.54, 1.807) is 31.5 Å². The molecule has 1 heterocycles. The molecule has 8 heteroatoms. The monoisotopic (exact) mass is 349 g/mol. The molecule has 7 nitrogen and oxygen atoms in total. The second-order valence-corrected chi connectivity index (χ2v) is 6.67. The Morgan fingerprint density at radius 3 is 2.71 bits per heavy atom. The van der Waals surface area contributed by atoms with Crippen LogP contribution in [0.5, 0.6) is 5.75 Å². The fourth-order valence-electron chi connectivity index (χ4n) is 2.05. The van der Waals surface area contributed by atoms with Crippen LogP contribution in [0.1, 0.15) is 22.8 Å². The highest BCUT2D eigenvalue weighted by Crippen LogP contribution is 2.22. The minimum absolute atomic E-state index is 0.00607. The van der Waals surface area contributed by atoms with Gasteiger partial charge in [-0.2, -0.15) is 0 Å². The molecular formula is C16H19N3O4S. The quantitative estimate of drug-likeness (QED) is 0.786. The lowest BCUT2D eigenvalue weighted by molar-refractivity contribution is 0.0952. The van der Waals surface area contributed by atoms with Crippen LogP contribution in [0.25, 0.3) is 0 Å². The van der Waals surface area contributed by atoms with Crippen molar-refractivity contribution in [3.8, 4) is 5.75 Å². The molecule has 1 amide bonds. The summed E-state index contributed by atoms with van der Waals surface area (Å²) in [7, 11) is -2.34. The maximum Gasteiger partial charge on any atom is 0.255 e. The fourth-order valence-corrected chi connectivity index (χ4v) is 3.10. The Morgan fingerprint density at radius 1 is 1.29 bits per heavy atom. The van der Waals surface area contributed by atoms with Crippen molar-refractivity contribution in [1.82, 2.24) is 15.0 Å². The Balaban J connectivity index is 2.26. The first-order chi connectivity index (χ1) is 11.5. The van der Waals surface area contributed by atoms with E-state index in [2.05, 4.69) is 15.0 Å². The van der Waals surface area contributed by atoms with Gasteiger partial charge in [0.2, 0.25) is 10.0 Å². The van der Waals surface area contributed by atoms with Crippen LogP contribution >= 0.6 is 0 Å². The van der Waals surface area contributed by atoms with Crippen molar-refractivity contribution >= 4 is 15.9 Å². The topological polar surface area (TPSA) is 97.4 Å². The van der Waals surface area contributed by atoms with Gasteiger partial charge in [0.05, 0.1) is 17.6 Å². The molecule has 0 atom stereocenters. The van der Waals surface area contributed by atoms with Gasteiger partial charge in [0, 0.05) is 25.5 Å². The van der Waals surface area contributed by atoms with Crippen molar-refractivity contribution < 1.29 is 17.9 Å². The molecule has 0 spiro atoms. The molecule has 2 aromatic rings. The second-order valence-electron chi connectivity index (χ2n) is 4.91. The highest BCUT2D eigenvalue weighted by Gasteiger charge is 2.19. The molecule has 0 saturated carbocycles. The number of nitrogens with zero attached hydrogens (tertiary/aromatic N) is 1. The molecular weight excluding hydrogens is 330 g/mol. The third-order valence-electron chi connectivity index (χ3n) is 3.25. The van der Waals surface area contributed by atoms with E-state index in [-0.39, 0.29) is 17.0 Å². The van der Waals surface area contributed by atoms with Gasteiger partial charge in [-0.3, -0.25) is 9.78 Å². The molecule has 0 radical (unpaired) electrons. The van der Waals surface area contributed by atoms with Crippen LogP contribution in [0.4, 0.5) is 0 Å². The first-order valence-electron chi connectivity index (χ1n) is 7.32. The molecule has 0 fully saturated rings. The third kappa shape index (κ3) is 4.30. The average molecular weight is 349 g/mol. The standard InChI is InChI=1S/C16H19N3O4S/c1-3-18-16(20)14-9-13(6-7-15(14)23-2)24(21,22)19-11-12-5-4-8-17-10-12/h4-10,19H,3,11H2,1-2H3,(H,18,20). The predicted molar refractivity (Wildman–Crippen MR) is 89.3 cm³/mol. The van der Waals surface area contributed by atoms with E-state index >= 15 is 0 Å². The van der Waals surface area contributed by atoms with E-state index in [1.807, 2.05) is 0 Å². The summed E-state index contributed by atoms with van der Waals surface area (Å²) in [6.07, 6.45) is 3.19. The normalized spacial score (nSPS) is 11.1. The summed E-state index contributed by atoms with van der Waals surface area (Å²) in [5.74, 6) is -0.0779. The number of hydrogen-bond acceptors (Lipinski definition) is 5. The van der Waals surface area contributed by atoms with Gasteiger partial charge in [0.25, 0.3) is 5.91 Å². The Morgan fingerprint density at radius 2 is 2.08 bits per heavy atom. The average Bonchev–Trinajstić information content (AvgIpc) is 2.60. The van der Waals surface area contributed by atoms with E-state index in [0.29, 0.717) is 12.3 Å². The van der Waals surface area contributed by atoms with Crippen molar-refractivity contribution in [3.05, 3.63) is 53.9 Å². The Kier molecular flexibility index (Phi) is 5.88. The lowest BCUT2D eigenvalue weighted by atomic mass is 10.2. The van der Waals surface area contributed by atoms with Gasteiger partial charge in [0.15, 0.2) is 0 Å². The zero-order valence-corrected chi connectivity index (χ0v) is 14.3. The Hall–Kier alpha value is -2.45. The van der Waals surface area contributed by atoms with Gasteiger partial charge in [-0.05, 0) is 36.8 Å². The maximum atomic E-state index is 12.4. The molecule has 0 saturated heterocycles. The Labute approximate surface area is 141 Å². The van der Waals surface area contributed by atoms with Crippen molar-refractivity contribution in [3.63, 3.8) is 0 Å². The number of nitrogens with one attached hydrogen (secondary N) is 2. The van der Waals surface area contributed by atoms with E-state index in [4.69, 9.17) is 4.74 Å². The number of pyridine rings is 1. The van der Waals surface area contributed by atoms with Gasteiger partial charge in [-0.15, -0.1) is 0 Å². The molecule has 0 bridgehead atoms. The molecule has 0 aliphatic rings. The molecule has 24 heavy (non-hydrogen) atoms. The largest absolute Gasteiger partial charge is 0.496 e. The predicted octanol–water partition coefficient (Wildman–Crippen LogP) is 1.32. The summed E-state index contributed by atoms with van der Waals surface area (Å²) < 4.78 is 32.5. The van der Waals surface area contributed by atoms with E-state index in [9.17, 15) is 13.2 Å². The minimum atomic E-state index is -3.77. The SMILES string of the molecule is CCNC(=O)c1cc(S(=O)(=O)NCc2cccnc2)ccc1OC. The third-order valence-corrected chi connectivity index (χ3v) is 4.65. The van der Waals surface area contributed by atoms with Crippen LogP contribution in [-0.4, -0.2) is 33.0 Å². The number of sulfonamides is 1. The van der Waals surface area contributed by atoms with Crippen molar-refractivity contribution in [2.45, 2.75) is 18.4 Å². The number of benzene rings is 1. The lowest BCUT2D eigenvalue weighted by Gasteiger charge is -2.11. The smallest absolute Gasteiger partial charge is 0.255 e. The van der Waals surface area contributed by atoms with Crippen LogP contribution in [0.2, 0.25) is 0 Å². The summed E-state index contributed by atoms with van der Waals surface area (Å²) in [4.78, 5) is 16.0. The molecule has 0 unspecified atom stereocenters. The van der Waals surface area contributed by atoms with E-state index in [1.165, 1.54) is 25.3 Å². The first kappa shape index (κ1) is 17.9. The van der Waals surface area contributed by atoms with Gasteiger partial charge in [0.1, 0.15) is 5.75 Å². The van der Waals surface area contributed by atoms with Gasteiger partial charge in [-0.25, -0.2) is 13.1 Å². The van der Waals surface area contributed by atoms with Crippen LogP contribution < -0.4 is 14.8 Å². The van der Waals surface area contributed by atoms with Gasteiger partial charge in [-0.1, -0.05) is 6.07 Å². The van der Waals surface area contributed by atoms with Crippen molar-refractivity contribution in [1.29, 1.82) is 0 Å². The molecule has 2 rings (SSSR count). The van der Waals surface area contributed by atoms with E-state index < -0.39 is 15.9 Å². The summed E-state index contributed by atoms with van der Waals surface area (Å²) in [5.41, 5.74) is 0.905. The van der Waals surface area contributed by atoms with Crippen LogP contribution in [0.15, 0.2) is 47.6 Å². The van der Waals surface area contributed by atoms with E-state index in [0.717, 1.165) is 5.56 Å². The summed E-state index contributed by atoms with van der Waals surface area (Å²) in [5, 5.41) is 2.63. The lowest BCUT2D eigenvalue weighted by Crippen LogP contribution is -2.26. The van der Waals surface area contributed by atoms with Crippen LogP contribution in [-0.2, 0) is 16.6 Å². The summed E-state index contributed by atoms with van der Waals surface area (Å²) in [6.45, 7) is 2.32. The maximum absolute atomic E-state index is 12.4. The van der Waals surface area contributed by atoms with Crippen molar-refractivity contribution in [2.75, 3.05) is 13.7 Å². The second kappa shape index (κ2) is 7.89. The Bertz CT molecular complexity index is 807. The molecule has 128 valence electrons. The summed E-state index contributed by atoms with van der Waals surface area (Å²) >= 11 is 0. The van der Waals surface area contributed by atoms with Crippen LogP contribution in [0, 0.1) is 0 Å². The number of rotatable bonds is 7. The first-order valence-corrected chi connectivity index (χ1v) is 8.81. The minimum Gasteiger partial charge on any atom is -0.496 e. The number of carbonyl (C=O) groups is 1. The van der Waals surface area contributed by atoms with Gasteiger partial charge < -0.3 is 10.1 Å². The molecule has 1 aromatic carbocycles. The number of amides is 1. The summed E-state index contributed by atoms with van der Waals surface area (Å²) in [6, 6.07) is 7.65. The number of carbonyl (C=O) groups excluding carboxylic acids is 1. The van der Waals surface area contributed by atoms with Crippen molar-refractivity contribution in [2.24, 2.45) is 0 Å². The molecule has 2 N–H and O–H groups in total. The highest BCUT2D eigenvalue weighted by atomic mass is 32.2. The number of methoxy groups -OCH3 is 1. The fraction of sp³-hybridized carbons (Fsp3) is 0.250. The number of aromatic nitrogens is 1. The molecule has 1 aromatic heterocycles. The zero-order chi connectivity index (χ0) is 17.6. The zero-order valence-electron chi connectivity index (χ0n) is 13.4. The number of hydrogen-bond donors (Lipinski definition) is 2. The molecule has 0 aliphatic carbocycles. The molecule has 0 aliphatic heterocycles. The van der Waals surface area contributed by atoms with Gasteiger partial charge >= 0.3 is 0 Å².